The first-order chi connectivity index (χ1) is 12.6. The van der Waals surface area contributed by atoms with Gasteiger partial charge < -0.3 is 15.2 Å². The van der Waals surface area contributed by atoms with E-state index in [2.05, 4.69) is 25.8 Å². The van der Waals surface area contributed by atoms with E-state index >= 15 is 0 Å². The number of aliphatic hydroxyl groups excluding tert-OH is 1. The highest BCUT2D eigenvalue weighted by atomic mass is 19.1. The molecule has 3 aromatic rings. The lowest BCUT2D eigenvalue weighted by molar-refractivity contribution is 0.198. The Morgan fingerprint density at radius 1 is 1.38 bits per heavy atom. The number of carbonyl (C=O) groups is 1. The van der Waals surface area contributed by atoms with Crippen LogP contribution < -0.4 is 15.4 Å². The van der Waals surface area contributed by atoms with Gasteiger partial charge in [0.15, 0.2) is 0 Å². The standard InChI is InChI=1S/C17H18FN5O3/c1-10(11-2-4-12(18)5-3-11)20-17(25)21-15-8-14-13(9-19-15)16(23-22-14)26-7-6-24/h2-5,8-10,24H,6-7H2,1H3,(H,22,23)(H2,19,20,21,25)/t10-/m1/s1. The van der Waals surface area contributed by atoms with Gasteiger partial charge in [0.05, 0.1) is 23.6 Å². The summed E-state index contributed by atoms with van der Waals surface area (Å²) in [5.41, 5.74) is 1.42. The molecule has 2 aromatic heterocycles. The van der Waals surface area contributed by atoms with Crippen molar-refractivity contribution in [2.75, 3.05) is 18.5 Å². The zero-order valence-corrected chi connectivity index (χ0v) is 14.0. The quantitative estimate of drug-likeness (QED) is 0.540. The van der Waals surface area contributed by atoms with Crippen LogP contribution in [0.1, 0.15) is 18.5 Å². The highest BCUT2D eigenvalue weighted by Crippen LogP contribution is 2.23. The Labute approximate surface area is 148 Å². The van der Waals surface area contributed by atoms with Gasteiger partial charge in [-0.2, -0.15) is 0 Å². The average molecular weight is 359 g/mol. The number of rotatable bonds is 6. The first-order valence-corrected chi connectivity index (χ1v) is 7.97. The first kappa shape index (κ1) is 17.6. The summed E-state index contributed by atoms with van der Waals surface area (Å²) in [6, 6.07) is 6.79. The lowest BCUT2D eigenvalue weighted by atomic mass is 10.1. The number of nitrogens with zero attached hydrogens (tertiary/aromatic N) is 2. The van der Waals surface area contributed by atoms with E-state index in [1.165, 1.54) is 18.3 Å². The molecule has 0 aliphatic carbocycles. The van der Waals surface area contributed by atoms with Gasteiger partial charge in [-0.3, -0.25) is 10.4 Å². The van der Waals surface area contributed by atoms with E-state index in [-0.39, 0.29) is 25.1 Å². The molecule has 0 radical (unpaired) electrons. The second-order valence-corrected chi connectivity index (χ2v) is 5.59. The number of carbonyl (C=O) groups excluding carboxylic acids is 1. The first-order valence-electron chi connectivity index (χ1n) is 7.97. The van der Waals surface area contributed by atoms with Gasteiger partial charge in [-0.25, -0.2) is 14.2 Å². The van der Waals surface area contributed by atoms with Crippen LogP contribution in [-0.4, -0.2) is 39.5 Å². The van der Waals surface area contributed by atoms with E-state index in [1.54, 1.807) is 25.1 Å². The van der Waals surface area contributed by atoms with Crippen molar-refractivity contribution in [3.63, 3.8) is 0 Å². The average Bonchev–Trinajstić information content (AvgIpc) is 3.02. The predicted molar refractivity (Wildman–Crippen MR) is 93.4 cm³/mol. The third kappa shape index (κ3) is 4.06. The van der Waals surface area contributed by atoms with E-state index in [0.29, 0.717) is 22.6 Å². The molecule has 0 saturated heterocycles. The van der Waals surface area contributed by atoms with Crippen molar-refractivity contribution in [3.8, 4) is 5.88 Å². The molecule has 3 rings (SSSR count). The van der Waals surface area contributed by atoms with Gasteiger partial charge in [-0.15, -0.1) is 5.10 Å². The Bertz CT molecular complexity index is 897. The van der Waals surface area contributed by atoms with Crippen molar-refractivity contribution in [2.24, 2.45) is 0 Å². The Morgan fingerprint density at radius 3 is 2.88 bits per heavy atom. The van der Waals surface area contributed by atoms with Crippen molar-refractivity contribution in [1.82, 2.24) is 20.5 Å². The van der Waals surface area contributed by atoms with Crippen molar-refractivity contribution in [1.29, 1.82) is 0 Å². The van der Waals surface area contributed by atoms with Crippen molar-refractivity contribution >= 4 is 22.8 Å². The minimum absolute atomic E-state index is 0.117. The molecule has 2 amide bonds. The number of hydrogen-bond acceptors (Lipinski definition) is 5. The lowest BCUT2D eigenvalue weighted by Crippen LogP contribution is -2.31. The van der Waals surface area contributed by atoms with Gasteiger partial charge in [0, 0.05) is 12.3 Å². The highest BCUT2D eigenvalue weighted by Gasteiger charge is 2.12. The maximum absolute atomic E-state index is 13.0. The normalized spacial score (nSPS) is 12.0. The van der Waals surface area contributed by atoms with E-state index in [4.69, 9.17) is 9.84 Å². The van der Waals surface area contributed by atoms with Crippen molar-refractivity contribution in [2.45, 2.75) is 13.0 Å². The molecule has 1 aromatic carbocycles. The predicted octanol–water partition coefficient (Wildman–Crippen LogP) is 2.35. The molecule has 0 aliphatic rings. The number of aromatic nitrogens is 3. The van der Waals surface area contributed by atoms with Crippen LogP contribution in [0.4, 0.5) is 15.0 Å². The third-order valence-electron chi connectivity index (χ3n) is 3.70. The van der Waals surface area contributed by atoms with Crippen LogP contribution in [0.3, 0.4) is 0 Å². The zero-order valence-electron chi connectivity index (χ0n) is 14.0. The molecule has 0 spiro atoms. The molecule has 0 unspecified atom stereocenters. The summed E-state index contributed by atoms with van der Waals surface area (Å²) in [5, 5.41) is 21.6. The molecule has 0 fully saturated rings. The number of urea groups is 1. The summed E-state index contributed by atoms with van der Waals surface area (Å²) < 4.78 is 18.2. The number of aromatic amines is 1. The molecule has 2 heterocycles. The van der Waals surface area contributed by atoms with Gasteiger partial charge in [0.2, 0.25) is 5.88 Å². The number of ether oxygens (including phenoxy) is 1. The molecule has 26 heavy (non-hydrogen) atoms. The summed E-state index contributed by atoms with van der Waals surface area (Å²) >= 11 is 0. The Hall–Kier alpha value is -3.20. The van der Waals surface area contributed by atoms with Crippen LogP contribution >= 0.6 is 0 Å². The summed E-state index contributed by atoms with van der Waals surface area (Å²) in [6.45, 7) is 1.81. The number of pyridine rings is 1. The topological polar surface area (TPSA) is 112 Å². The molecule has 4 N–H and O–H groups in total. The van der Waals surface area contributed by atoms with Crippen LogP contribution in [0.2, 0.25) is 0 Å². The van der Waals surface area contributed by atoms with Gasteiger partial charge in [-0.1, -0.05) is 12.1 Å². The minimum atomic E-state index is -0.440. The Kier molecular flexibility index (Phi) is 5.28. The van der Waals surface area contributed by atoms with Crippen LogP contribution in [0.5, 0.6) is 5.88 Å². The number of anilines is 1. The number of aliphatic hydroxyl groups is 1. The number of nitrogens with one attached hydrogen (secondary N) is 3. The molecular weight excluding hydrogens is 341 g/mol. The monoisotopic (exact) mass is 359 g/mol. The smallest absolute Gasteiger partial charge is 0.320 e. The highest BCUT2D eigenvalue weighted by molar-refractivity contribution is 5.92. The fourth-order valence-electron chi connectivity index (χ4n) is 2.39. The van der Waals surface area contributed by atoms with Gasteiger partial charge >= 0.3 is 6.03 Å². The lowest BCUT2D eigenvalue weighted by Gasteiger charge is -2.14. The molecule has 136 valence electrons. The van der Waals surface area contributed by atoms with Gasteiger partial charge in [0.25, 0.3) is 0 Å². The van der Waals surface area contributed by atoms with Crippen molar-refractivity contribution in [3.05, 3.63) is 47.9 Å². The molecule has 0 aliphatic heterocycles. The summed E-state index contributed by atoms with van der Waals surface area (Å²) in [6.07, 6.45) is 1.52. The maximum atomic E-state index is 13.0. The van der Waals surface area contributed by atoms with Crippen molar-refractivity contribution < 1.29 is 19.0 Å². The molecule has 0 saturated carbocycles. The summed E-state index contributed by atoms with van der Waals surface area (Å²) in [4.78, 5) is 16.3. The van der Waals surface area contributed by atoms with Gasteiger partial charge in [-0.05, 0) is 24.6 Å². The number of hydrogen-bond donors (Lipinski definition) is 4. The number of H-pyrrole nitrogens is 1. The largest absolute Gasteiger partial charge is 0.474 e. The maximum Gasteiger partial charge on any atom is 0.320 e. The number of fused-ring (bicyclic) bond motifs is 1. The zero-order chi connectivity index (χ0) is 18.5. The van der Waals surface area contributed by atoms with Crippen LogP contribution in [0, 0.1) is 5.82 Å². The molecule has 1 atom stereocenters. The number of amides is 2. The minimum Gasteiger partial charge on any atom is -0.474 e. The SMILES string of the molecule is C[C@@H](NC(=O)Nc1cc2[nH]nc(OCCO)c2cn1)c1ccc(F)cc1. The fraction of sp³-hybridized carbons (Fsp3) is 0.235. The molecule has 8 nitrogen and oxygen atoms in total. The second kappa shape index (κ2) is 7.79. The number of benzene rings is 1. The van der Waals surface area contributed by atoms with E-state index in [9.17, 15) is 9.18 Å². The molecule has 0 bridgehead atoms. The van der Waals surface area contributed by atoms with Gasteiger partial charge in [0.1, 0.15) is 18.2 Å². The molecular formula is C17H18FN5O3. The Balaban J connectivity index is 1.64. The third-order valence-corrected chi connectivity index (χ3v) is 3.70. The second-order valence-electron chi connectivity index (χ2n) is 5.59. The summed E-state index contributed by atoms with van der Waals surface area (Å²) in [5.74, 6) is 0.339. The van der Waals surface area contributed by atoms with Crippen LogP contribution in [-0.2, 0) is 0 Å². The van der Waals surface area contributed by atoms with E-state index < -0.39 is 6.03 Å². The number of halogens is 1. The molecule has 9 heteroatoms. The van der Waals surface area contributed by atoms with Crippen LogP contribution in [0.15, 0.2) is 36.5 Å². The summed E-state index contributed by atoms with van der Waals surface area (Å²) in [7, 11) is 0. The van der Waals surface area contributed by atoms with E-state index in [1.807, 2.05) is 0 Å². The van der Waals surface area contributed by atoms with E-state index in [0.717, 1.165) is 5.56 Å². The van der Waals surface area contributed by atoms with Crippen LogP contribution in [0.25, 0.3) is 10.9 Å². The fourth-order valence-corrected chi connectivity index (χ4v) is 2.39. The Morgan fingerprint density at radius 2 is 2.15 bits per heavy atom.